The summed E-state index contributed by atoms with van der Waals surface area (Å²) in [5.41, 5.74) is 0.154. The van der Waals surface area contributed by atoms with Crippen LogP contribution in [0.1, 0.15) is 20.8 Å². The Bertz CT molecular complexity index is 528. The molecule has 0 aliphatic rings. The number of anilines is 2. The molecule has 0 atom stereocenters. The summed E-state index contributed by atoms with van der Waals surface area (Å²) in [5, 5.41) is 6.16. The van der Waals surface area contributed by atoms with Gasteiger partial charge in [0.1, 0.15) is 6.33 Å². The molecule has 0 unspecified atom stereocenters. The summed E-state index contributed by atoms with van der Waals surface area (Å²) >= 11 is 0. The molecule has 2 rings (SSSR count). The Morgan fingerprint density at radius 1 is 1.16 bits per heavy atom. The summed E-state index contributed by atoms with van der Waals surface area (Å²) in [4.78, 5) is 16.9. The van der Waals surface area contributed by atoms with Crippen molar-refractivity contribution in [2.24, 2.45) is 5.41 Å². The second kappa shape index (κ2) is 5.21. The van der Waals surface area contributed by atoms with Crippen LogP contribution in [0.2, 0.25) is 0 Å². The molecule has 2 heterocycles. The van der Waals surface area contributed by atoms with Gasteiger partial charge in [0.25, 0.3) is 0 Å². The zero-order valence-electron chi connectivity index (χ0n) is 11.7. The highest BCUT2D eigenvalue weighted by Crippen LogP contribution is 2.14. The molecule has 7 nitrogen and oxygen atoms in total. The molecule has 0 amide bonds. The monoisotopic (exact) mass is 261 g/mol. The summed E-state index contributed by atoms with van der Waals surface area (Å²) in [6.07, 6.45) is 5.13. The van der Waals surface area contributed by atoms with Gasteiger partial charge in [0.2, 0.25) is 17.8 Å². The van der Waals surface area contributed by atoms with E-state index in [9.17, 15) is 0 Å². The van der Waals surface area contributed by atoms with Gasteiger partial charge in [0, 0.05) is 26.0 Å². The first-order valence-corrected chi connectivity index (χ1v) is 6.14. The number of hydrogen-bond acceptors (Lipinski definition) is 6. The highest BCUT2D eigenvalue weighted by molar-refractivity contribution is 5.37. The van der Waals surface area contributed by atoms with Gasteiger partial charge < -0.3 is 10.6 Å². The number of nitrogens with zero attached hydrogens (tertiary/aromatic N) is 5. The maximum absolute atomic E-state index is 4.38. The molecule has 19 heavy (non-hydrogen) atoms. The molecule has 7 heteroatoms. The second-order valence-electron chi connectivity index (χ2n) is 5.42. The summed E-state index contributed by atoms with van der Waals surface area (Å²) in [7, 11) is 1.78. The number of nitrogens with one attached hydrogen (secondary N) is 2. The first-order chi connectivity index (χ1) is 8.98. The van der Waals surface area contributed by atoms with Crippen LogP contribution in [0.15, 0.2) is 18.7 Å². The van der Waals surface area contributed by atoms with Gasteiger partial charge in [-0.05, 0) is 5.41 Å². The Labute approximate surface area is 112 Å². The lowest BCUT2D eigenvalue weighted by atomic mass is 9.97. The van der Waals surface area contributed by atoms with E-state index in [0.717, 1.165) is 6.54 Å². The number of aromatic nitrogens is 5. The SMILES string of the molecule is CNc1nc(NCC(C)(C)C)nc(-n2ccnc2)n1. The smallest absolute Gasteiger partial charge is 0.241 e. The van der Waals surface area contributed by atoms with Crippen molar-refractivity contribution in [3.63, 3.8) is 0 Å². The predicted octanol–water partition coefficient (Wildman–Crippen LogP) is 1.56. The molecule has 0 aliphatic heterocycles. The molecule has 0 fully saturated rings. The number of hydrogen-bond donors (Lipinski definition) is 2. The zero-order valence-corrected chi connectivity index (χ0v) is 11.7. The van der Waals surface area contributed by atoms with Crippen LogP contribution in [0.3, 0.4) is 0 Å². The maximum atomic E-state index is 4.38. The molecule has 2 aromatic heterocycles. The van der Waals surface area contributed by atoms with Crippen molar-refractivity contribution in [2.45, 2.75) is 20.8 Å². The average molecular weight is 261 g/mol. The molecular weight excluding hydrogens is 242 g/mol. The normalized spacial score (nSPS) is 11.4. The quantitative estimate of drug-likeness (QED) is 0.869. The fourth-order valence-electron chi connectivity index (χ4n) is 1.39. The van der Waals surface area contributed by atoms with Gasteiger partial charge in [-0.3, -0.25) is 4.57 Å². The van der Waals surface area contributed by atoms with E-state index < -0.39 is 0 Å². The molecule has 0 aromatic carbocycles. The topological polar surface area (TPSA) is 80.5 Å². The Balaban J connectivity index is 2.26. The highest BCUT2D eigenvalue weighted by Gasteiger charge is 2.12. The van der Waals surface area contributed by atoms with Crippen molar-refractivity contribution in [3.05, 3.63) is 18.7 Å². The van der Waals surface area contributed by atoms with E-state index >= 15 is 0 Å². The molecule has 2 aromatic rings. The van der Waals surface area contributed by atoms with Gasteiger partial charge in [-0.1, -0.05) is 20.8 Å². The van der Waals surface area contributed by atoms with Crippen molar-refractivity contribution in [3.8, 4) is 5.95 Å². The lowest BCUT2D eigenvalue weighted by molar-refractivity contribution is 0.441. The summed E-state index contributed by atoms with van der Waals surface area (Å²) in [6.45, 7) is 7.23. The van der Waals surface area contributed by atoms with Gasteiger partial charge in [-0.2, -0.15) is 15.0 Å². The van der Waals surface area contributed by atoms with Crippen molar-refractivity contribution >= 4 is 11.9 Å². The highest BCUT2D eigenvalue weighted by atomic mass is 15.3. The lowest BCUT2D eigenvalue weighted by Crippen LogP contribution is -2.21. The lowest BCUT2D eigenvalue weighted by Gasteiger charge is -2.19. The Kier molecular flexibility index (Phi) is 3.64. The Hall–Kier alpha value is -2.18. The molecule has 0 spiro atoms. The van der Waals surface area contributed by atoms with Crippen LogP contribution in [0.5, 0.6) is 0 Å². The van der Waals surface area contributed by atoms with Crippen LogP contribution in [-0.4, -0.2) is 38.1 Å². The van der Waals surface area contributed by atoms with Crippen molar-refractivity contribution in [1.82, 2.24) is 24.5 Å². The largest absolute Gasteiger partial charge is 0.357 e. The third-order valence-electron chi connectivity index (χ3n) is 2.36. The molecule has 0 aliphatic carbocycles. The second-order valence-corrected chi connectivity index (χ2v) is 5.42. The van der Waals surface area contributed by atoms with E-state index in [1.165, 1.54) is 0 Å². The molecule has 2 N–H and O–H groups in total. The minimum Gasteiger partial charge on any atom is -0.357 e. The minimum absolute atomic E-state index is 0.154. The first-order valence-electron chi connectivity index (χ1n) is 6.14. The number of rotatable bonds is 4. The van der Waals surface area contributed by atoms with Gasteiger partial charge in [-0.25, -0.2) is 4.98 Å². The third-order valence-corrected chi connectivity index (χ3v) is 2.36. The van der Waals surface area contributed by atoms with E-state index in [1.54, 1.807) is 30.3 Å². The van der Waals surface area contributed by atoms with Crippen LogP contribution in [0.4, 0.5) is 11.9 Å². The standard InChI is InChI=1S/C12H19N7/c1-12(2,3)7-15-10-16-9(13-4)17-11(18-10)19-6-5-14-8-19/h5-6,8H,7H2,1-4H3,(H2,13,15,16,17,18). The van der Waals surface area contributed by atoms with Crippen LogP contribution in [0.25, 0.3) is 5.95 Å². The Morgan fingerprint density at radius 3 is 2.47 bits per heavy atom. The van der Waals surface area contributed by atoms with E-state index in [-0.39, 0.29) is 5.41 Å². The van der Waals surface area contributed by atoms with E-state index in [0.29, 0.717) is 17.8 Å². The first kappa shape index (κ1) is 13.3. The van der Waals surface area contributed by atoms with E-state index in [1.807, 2.05) is 0 Å². The van der Waals surface area contributed by atoms with Crippen molar-refractivity contribution in [1.29, 1.82) is 0 Å². The molecule has 102 valence electrons. The Morgan fingerprint density at radius 2 is 1.89 bits per heavy atom. The zero-order chi connectivity index (χ0) is 13.9. The molecule has 0 bridgehead atoms. The predicted molar refractivity (Wildman–Crippen MR) is 74.4 cm³/mol. The third kappa shape index (κ3) is 3.64. The van der Waals surface area contributed by atoms with E-state index in [4.69, 9.17) is 0 Å². The van der Waals surface area contributed by atoms with Crippen molar-refractivity contribution in [2.75, 3.05) is 24.2 Å². The van der Waals surface area contributed by atoms with Crippen LogP contribution >= 0.6 is 0 Å². The number of imidazole rings is 1. The van der Waals surface area contributed by atoms with Crippen LogP contribution < -0.4 is 10.6 Å². The molecule has 0 radical (unpaired) electrons. The summed E-state index contributed by atoms with van der Waals surface area (Å²) in [5.74, 6) is 1.61. The minimum atomic E-state index is 0.154. The molecule has 0 saturated carbocycles. The van der Waals surface area contributed by atoms with Gasteiger partial charge in [0.15, 0.2) is 0 Å². The summed E-state index contributed by atoms with van der Waals surface area (Å²) in [6, 6.07) is 0. The molecular formula is C12H19N7. The van der Waals surface area contributed by atoms with Gasteiger partial charge in [0.05, 0.1) is 0 Å². The molecule has 0 saturated heterocycles. The average Bonchev–Trinajstić information content (AvgIpc) is 2.89. The maximum Gasteiger partial charge on any atom is 0.241 e. The van der Waals surface area contributed by atoms with Crippen LogP contribution in [0, 0.1) is 5.41 Å². The van der Waals surface area contributed by atoms with Gasteiger partial charge >= 0.3 is 0 Å². The van der Waals surface area contributed by atoms with Crippen LogP contribution in [-0.2, 0) is 0 Å². The fraction of sp³-hybridized carbons (Fsp3) is 0.500. The van der Waals surface area contributed by atoms with E-state index in [2.05, 4.69) is 51.3 Å². The fourth-order valence-corrected chi connectivity index (χ4v) is 1.39. The van der Waals surface area contributed by atoms with Crippen molar-refractivity contribution < 1.29 is 0 Å². The van der Waals surface area contributed by atoms with Gasteiger partial charge in [-0.15, -0.1) is 0 Å². The summed E-state index contributed by atoms with van der Waals surface area (Å²) < 4.78 is 1.74.